The van der Waals surface area contributed by atoms with Crippen molar-refractivity contribution in [2.75, 3.05) is 11.9 Å². The molecule has 1 atom stereocenters. The zero-order valence-corrected chi connectivity index (χ0v) is 18.8. The number of nitrogens with one attached hydrogen (secondary N) is 1. The number of aliphatic hydroxyl groups excluding tert-OH is 2. The number of nitrogens with zero attached hydrogens (tertiary/aromatic N) is 3. The van der Waals surface area contributed by atoms with E-state index in [0.29, 0.717) is 5.56 Å². The number of anilines is 1. The molecule has 1 amide bonds. The average molecular weight is 500 g/mol. The van der Waals surface area contributed by atoms with Gasteiger partial charge in [-0.3, -0.25) is 9.48 Å². The van der Waals surface area contributed by atoms with Gasteiger partial charge in [-0.25, -0.2) is 9.37 Å². The molecule has 0 spiro atoms. The first kappa shape index (κ1) is 25.0. The van der Waals surface area contributed by atoms with Gasteiger partial charge in [0, 0.05) is 24.4 Å². The van der Waals surface area contributed by atoms with Crippen molar-refractivity contribution >= 4 is 11.6 Å². The van der Waals surface area contributed by atoms with E-state index >= 15 is 0 Å². The van der Waals surface area contributed by atoms with Crippen LogP contribution in [0.3, 0.4) is 0 Å². The molecule has 7 nitrogen and oxygen atoms in total. The average Bonchev–Trinajstić information content (AvgIpc) is 3.29. The summed E-state index contributed by atoms with van der Waals surface area (Å²) in [7, 11) is 1.52. The summed E-state index contributed by atoms with van der Waals surface area (Å²) in [5, 5.41) is 25.7. The van der Waals surface area contributed by atoms with E-state index in [9.17, 15) is 32.6 Å². The number of carbonyl (C=O) groups is 1. The zero-order valence-electron chi connectivity index (χ0n) is 18.8. The third-order valence-corrected chi connectivity index (χ3v) is 5.37. The van der Waals surface area contributed by atoms with Crippen molar-refractivity contribution in [3.8, 4) is 22.5 Å². The first-order valence-corrected chi connectivity index (χ1v) is 10.7. The highest BCUT2D eigenvalue weighted by molar-refractivity contribution is 6.07. The van der Waals surface area contributed by atoms with Crippen LogP contribution in [0.15, 0.2) is 66.9 Å². The summed E-state index contributed by atoms with van der Waals surface area (Å²) in [5.41, 5.74) is -1.39. The standard InChI is InChI=1S/C25H20F4N4O3/c1-33-10-9-19(32-33)15-11-16(18(26)12-17(15)25(27,28)29)24(36)31-21-8-7-20(22(35)13-34)30-23(21)14-5-3-2-4-6-14/h2-12,22,34-35H,13H2,1H3,(H,31,36). The maximum Gasteiger partial charge on any atom is 0.417 e. The summed E-state index contributed by atoms with van der Waals surface area (Å²) in [6.07, 6.45) is -4.72. The molecule has 2 aromatic carbocycles. The molecule has 186 valence electrons. The molecular formula is C25H20F4N4O3. The normalized spacial score (nSPS) is 12.4. The van der Waals surface area contributed by atoms with E-state index in [1.54, 1.807) is 30.3 Å². The molecule has 0 saturated heterocycles. The minimum atomic E-state index is -4.88. The van der Waals surface area contributed by atoms with Gasteiger partial charge in [0.1, 0.15) is 11.9 Å². The molecule has 0 radical (unpaired) electrons. The van der Waals surface area contributed by atoms with Gasteiger partial charge in [-0.15, -0.1) is 0 Å². The third kappa shape index (κ3) is 5.11. The Labute approximate surface area is 202 Å². The van der Waals surface area contributed by atoms with E-state index in [1.165, 1.54) is 36.1 Å². The molecule has 0 saturated carbocycles. The molecule has 0 bridgehead atoms. The second kappa shape index (κ2) is 9.88. The van der Waals surface area contributed by atoms with Crippen molar-refractivity contribution in [3.63, 3.8) is 0 Å². The number of pyridine rings is 1. The maximum atomic E-state index is 14.8. The van der Waals surface area contributed by atoms with Crippen LogP contribution >= 0.6 is 0 Å². The molecule has 4 aromatic rings. The number of carbonyl (C=O) groups excluding carboxylic acids is 1. The SMILES string of the molecule is Cn1ccc(-c2cc(C(=O)Nc3ccc(C(O)CO)nc3-c3ccccc3)c(F)cc2C(F)(F)F)n1. The number of amides is 1. The molecule has 4 rings (SSSR count). The van der Waals surface area contributed by atoms with Gasteiger partial charge in [0.15, 0.2) is 0 Å². The lowest BCUT2D eigenvalue weighted by atomic mass is 9.99. The number of hydrogen-bond acceptors (Lipinski definition) is 5. The van der Waals surface area contributed by atoms with E-state index in [0.717, 1.165) is 6.07 Å². The third-order valence-electron chi connectivity index (χ3n) is 5.37. The lowest BCUT2D eigenvalue weighted by Crippen LogP contribution is -2.17. The molecule has 36 heavy (non-hydrogen) atoms. The predicted octanol–water partition coefficient (Wildman–Crippen LogP) is 4.59. The zero-order chi connectivity index (χ0) is 26.0. The molecule has 2 heterocycles. The van der Waals surface area contributed by atoms with Crippen molar-refractivity contribution in [1.82, 2.24) is 14.8 Å². The lowest BCUT2D eigenvalue weighted by molar-refractivity contribution is -0.137. The van der Waals surface area contributed by atoms with Crippen LogP contribution < -0.4 is 5.32 Å². The van der Waals surface area contributed by atoms with Gasteiger partial charge < -0.3 is 15.5 Å². The Hall–Kier alpha value is -4.09. The van der Waals surface area contributed by atoms with E-state index in [1.807, 2.05) is 0 Å². The predicted molar refractivity (Wildman–Crippen MR) is 123 cm³/mol. The van der Waals surface area contributed by atoms with Crippen molar-refractivity contribution in [1.29, 1.82) is 0 Å². The molecule has 3 N–H and O–H groups in total. The summed E-state index contributed by atoms with van der Waals surface area (Å²) in [6, 6.07) is 13.7. The number of rotatable bonds is 6. The Balaban J connectivity index is 1.78. The van der Waals surface area contributed by atoms with E-state index in [2.05, 4.69) is 15.4 Å². The van der Waals surface area contributed by atoms with E-state index < -0.39 is 47.3 Å². The first-order chi connectivity index (χ1) is 17.1. The van der Waals surface area contributed by atoms with Crippen LogP contribution in [-0.2, 0) is 13.2 Å². The first-order valence-electron chi connectivity index (χ1n) is 10.7. The fourth-order valence-corrected chi connectivity index (χ4v) is 3.61. The second-order valence-electron chi connectivity index (χ2n) is 7.90. The number of benzene rings is 2. The van der Waals surface area contributed by atoms with Crippen LogP contribution in [0.2, 0.25) is 0 Å². The van der Waals surface area contributed by atoms with Gasteiger partial charge in [-0.1, -0.05) is 30.3 Å². The van der Waals surface area contributed by atoms with Crippen molar-refractivity contribution in [3.05, 3.63) is 89.5 Å². The number of alkyl halides is 3. The number of aliphatic hydroxyl groups is 2. The highest BCUT2D eigenvalue weighted by atomic mass is 19.4. The second-order valence-corrected chi connectivity index (χ2v) is 7.90. The van der Waals surface area contributed by atoms with Crippen molar-refractivity contribution in [2.24, 2.45) is 7.05 Å². The number of aromatic nitrogens is 3. The molecule has 1 unspecified atom stereocenters. The molecule has 2 aromatic heterocycles. The van der Waals surface area contributed by atoms with Gasteiger partial charge >= 0.3 is 6.18 Å². The fourth-order valence-electron chi connectivity index (χ4n) is 3.61. The van der Waals surface area contributed by atoms with Crippen LogP contribution in [0.4, 0.5) is 23.2 Å². The summed E-state index contributed by atoms with van der Waals surface area (Å²) in [6.45, 7) is -0.583. The quantitative estimate of drug-likeness (QED) is 0.337. The summed E-state index contributed by atoms with van der Waals surface area (Å²) >= 11 is 0. The van der Waals surface area contributed by atoms with E-state index in [-0.39, 0.29) is 28.8 Å². The van der Waals surface area contributed by atoms with Crippen LogP contribution in [0.5, 0.6) is 0 Å². The summed E-state index contributed by atoms with van der Waals surface area (Å²) in [4.78, 5) is 17.4. The molecule has 11 heteroatoms. The highest BCUT2D eigenvalue weighted by Crippen LogP contribution is 2.38. The van der Waals surface area contributed by atoms with Gasteiger partial charge in [0.25, 0.3) is 5.91 Å². The van der Waals surface area contributed by atoms with Crippen molar-refractivity contribution in [2.45, 2.75) is 12.3 Å². The molecule has 0 aliphatic carbocycles. The van der Waals surface area contributed by atoms with Crippen LogP contribution in [0, 0.1) is 5.82 Å². The van der Waals surface area contributed by atoms with E-state index in [4.69, 9.17) is 0 Å². The van der Waals surface area contributed by atoms with Crippen LogP contribution in [0.1, 0.15) is 27.7 Å². The number of hydrogen-bond donors (Lipinski definition) is 3. The Kier molecular flexibility index (Phi) is 6.86. The van der Waals surface area contributed by atoms with Crippen LogP contribution in [0.25, 0.3) is 22.5 Å². The smallest absolute Gasteiger partial charge is 0.393 e. The Morgan fingerprint density at radius 1 is 1.11 bits per heavy atom. The largest absolute Gasteiger partial charge is 0.417 e. The minimum Gasteiger partial charge on any atom is -0.393 e. The number of aryl methyl sites for hydroxylation is 1. The van der Waals surface area contributed by atoms with Crippen LogP contribution in [-0.4, -0.2) is 37.5 Å². The Morgan fingerprint density at radius 2 is 1.83 bits per heavy atom. The highest BCUT2D eigenvalue weighted by Gasteiger charge is 2.36. The molecular weight excluding hydrogens is 480 g/mol. The van der Waals surface area contributed by atoms with Gasteiger partial charge in [-0.2, -0.15) is 18.3 Å². The Bertz CT molecular complexity index is 1400. The molecule has 0 aliphatic rings. The number of halogens is 4. The monoisotopic (exact) mass is 500 g/mol. The fraction of sp³-hybridized carbons (Fsp3) is 0.160. The van der Waals surface area contributed by atoms with Gasteiger partial charge in [0.05, 0.1) is 40.5 Å². The van der Waals surface area contributed by atoms with Gasteiger partial charge in [0.2, 0.25) is 0 Å². The maximum absolute atomic E-state index is 14.8. The molecule has 0 aliphatic heterocycles. The Morgan fingerprint density at radius 3 is 2.44 bits per heavy atom. The van der Waals surface area contributed by atoms with Crippen molar-refractivity contribution < 1.29 is 32.6 Å². The summed E-state index contributed by atoms with van der Waals surface area (Å²) < 4.78 is 57.0. The topological polar surface area (TPSA) is 100 Å². The van der Waals surface area contributed by atoms with Gasteiger partial charge in [-0.05, 0) is 30.3 Å². The molecule has 0 fully saturated rings. The summed E-state index contributed by atoms with van der Waals surface area (Å²) in [5.74, 6) is -2.37. The minimum absolute atomic E-state index is 0.0761. The lowest BCUT2D eigenvalue weighted by Gasteiger charge is -2.16.